The van der Waals surface area contributed by atoms with Gasteiger partial charge in [0.1, 0.15) is 12.4 Å². The van der Waals surface area contributed by atoms with Gasteiger partial charge in [0, 0.05) is 31.7 Å². The van der Waals surface area contributed by atoms with Gasteiger partial charge in [-0.25, -0.2) is 0 Å². The van der Waals surface area contributed by atoms with Crippen LogP contribution in [0.2, 0.25) is 0 Å². The van der Waals surface area contributed by atoms with E-state index in [0.717, 1.165) is 17.7 Å². The van der Waals surface area contributed by atoms with Crippen LogP contribution in [-0.2, 0) is 12.8 Å². The first kappa shape index (κ1) is 17.5. The molecule has 0 aliphatic carbocycles. The van der Waals surface area contributed by atoms with Gasteiger partial charge in [-0.15, -0.1) is 0 Å². The average Bonchev–Trinajstić information content (AvgIpc) is 2.60. The number of nitrogens with one attached hydrogen (secondary N) is 1. The number of alkyl halides is 3. The van der Waals surface area contributed by atoms with Crippen molar-refractivity contribution in [3.8, 4) is 5.88 Å². The van der Waals surface area contributed by atoms with Crippen LogP contribution in [0.4, 0.5) is 19.0 Å². The van der Waals surface area contributed by atoms with E-state index in [9.17, 15) is 13.2 Å². The Morgan fingerprint density at radius 3 is 2.68 bits per heavy atom. The second-order valence-corrected chi connectivity index (χ2v) is 6.07. The number of ether oxygens (including phenoxy) is 1. The summed E-state index contributed by atoms with van der Waals surface area (Å²) in [7, 11) is 0. The molecule has 1 aromatic carbocycles. The molecule has 1 N–H and O–H groups in total. The zero-order chi connectivity index (χ0) is 17.9. The largest absolute Gasteiger partial charge is 0.473 e. The monoisotopic (exact) mass is 351 g/mol. The van der Waals surface area contributed by atoms with Gasteiger partial charge in [-0.05, 0) is 18.6 Å². The van der Waals surface area contributed by atoms with E-state index >= 15 is 0 Å². The van der Waals surface area contributed by atoms with Crippen LogP contribution >= 0.6 is 0 Å². The fraction of sp³-hybridized carbons (Fsp3) is 0.389. The Balaban J connectivity index is 1.87. The summed E-state index contributed by atoms with van der Waals surface area (Å²) in [6.45, 7) is 4.15. The van der Waals surface area contributed by atoms with E-state index < -0.39 is 11.7 Å². The van der Waals surface area contributed by atoms with Crippen LogP contribution in [0.15, 0.2) is 42.5 Å². The molecule has 3 rings (SSSR count). The van der Waals surface area contributed by atoms with Crippen LogP contribution in [0.1, 0.15) is 18.1 Å². The molecular formula is C18H20F3N3O. The van der Waals surface area contributed by atoms with Crippen LogP contribution in [0.5, 0.6) is 5.88 Å². The molecule has 1 aromatic heterocycles. The summed E-state index contributed by atoms with van der Waals surface area (Å²) in [4.78, 5) is 6.19. The van der Waals surface area contributed by atoms with Gasteiger partial charge < -0.3 is 15.0 Å². The molecule has 1 atom stereocenters. The van der Waals surface area contributed by atoms with E-state index in [1.54, 1.807) is 0 Å². The maximum atomic E-state index is 13.3. The van der Waals surface area contributed by atoms with Gasteiger partial charge in [-0.3, -0.25) is 0 Å². The number of benzene rings is 1. The predicted octanol–water partition coefficient (Wildman–Crippen LogP) is 3.48. The number of aromatic nitrogens is 1. The highest BCUT2D eigenvalue weighted by Crippen LogP contribution is 2.34. The third-order valence-electron chi connectivity index (χ3n) is 4.14. The minimum atomic E-state index is -4.44. The zero-order valence-electron chi connectivity index (χ0n) is 13.9. The lowest BCUT2D eigenvalue weighted by Crippen LogP contribution is -2.50. The van der Waals surface area contributed by atoms with E-state index in [-0.39, 0.29) is 18.5 Å². The van der Waals surface area contributed by atoms with Crippen molar-refractivity contribution in [1.82, 2.24) is 10.3 Å². The average molecular weight is 351 g/mol. The Kier molecular flexibility index (Phi) is 5.13. The van der Waals surface area contributed by atoms with Gasteiger partial charge in [-0.2, -0.15) is 18.2 Å². The normalized spacial score (nSPS) is 18.2. The van der Waals surface area contributed by atoms with Crippen LogP contribution in [-0.4, -0.2) is 30.7 Å². The molecule has 134 valence electrons. The summed E-state index contributed by atoms with van der Waals surface area (Å²) in [5.41, 5.74) is 0.130. The third-order valence-corrected chi connectivity index (χ3v) is 4.14. The molecule has 0 bridgehead atoms. The first-order valence-electron chi connectivity index (χ1n) is 8.17. The van der Waals surface area contributed by atoms with Gasteiger partial charge in [0.05, 0.1) is 5.56 Å². The molecule has 0 amide bonds. The molecule has 1 aliphatic rings. The van der Waals surface area contributed by atoms with Gasteiger partial charge in [-0.1, -0.05) is 30.3 Å². The Labute approximate surface area is 144 Å². The Morgan fingerprint density at radius 2 is 2.00 bits per heavy atom. The first-order valence-corrected chi connectivity index (χ1v) is 8.17. The number of halogens is 3. The minimum absolute atomic E-state index is 0.0144. The van der Waals surface area contributed by atoms with Crippen molar-refractivity contribution in [2.24, 2.45) is 0 Å². The van der Waals surface area contributed by atoms with Crippen molar-refractivity contribution >= 4 is 5.82 Å². The van der Waals surface area contributed by atoms with E-state index in [1.165, 1.54) is 0 Å². The Bertz CT molecular complexity index is 706. The van der Waals surface area contributed by atoms with Crippen molar-refractivity contribution in [2.45, 2.75) is 25.7 Å². The van der Waals surface area contributed by atoms with Gasteiger partial charge in [0.2, 0.25) is 5.88 Å². The topological polar surface area (TPSA) is 37.4 Å². The van der Waals surface area contributed by atoms with E-state index in [4.69, 9.17) is 4.74 Å². The van der Waals surface area contributed by atoms with Gasteiger partial charge in [0.15, 0.2) is 0 Å². The van der Waals surface area contributed by atoms with Crippen molar-refractivity contribution in [2.75, 3.05) is 24.5 Å². The van der Waals surface area contributed by atoms with Crippen LogP contribution in [0.3, 0.4) is 0 Å². The van der Waals surface area contributed by atoms with E-state index in [0.29, 0.717) is 25.5 Å². The number of hydrogen-bond donors (Lipinski definition) is 1. The standard InChI is InChI=1S/C18H20F3N3O/c1-13-11-22-7-8-24(13)16-9-15(18(19,20)21)10-17(23-16)25-12-14-5-3-2-4-6-14/h2-6,9-10,13,22H,7-8,11-12H2,1H3/t13-/m1/s1. The van der Waals surface area contributed by atoms with E-state index in [1.807, 2.05) is 42.2 Å². The molecule has 25 heavy (non-hydrogen) atoms. The van der Waals surface area contributed by atoms with Crippen molar-refractivity contribution < 1.29 is 17.9 Å². The number of anilines is 1. The fourth-order valence-corrected chi connectivity index (χ4v) is 2.79. The lowest BCUT2D eigenvalue weighted by molar-refractivity contribution is -0.137. The number of hydrogen-bond acceptors (Lipinski definition) is 4. The number of piperazine rings is 1. The van der Waals surface area contributed by atoms with Gasteiger partial charge >= 0.3 is 6.18 Å². The molecule has 0 radical (unpaired) electrons. The van der Waals surface area contributed by atoms with Crippen molar-refractivity contribution in [3.05, 3.63) is 53.6 Å². The molecule has 1 aliphatic heterocycles. The first-order chi connectivity index (χ1) is 11.9. The highest BCUT2D eigenvalue weighted by molar-refractivity contribution is 5.46. The quantitative estimate of drug-likeness (QED) is 0.915. The molecule has 4 nitrogen and oxygen atoms in total. The summed E-state index contributed by atoms with van der Waals surface area (Å²) < 4.78 is 45.3. The summed E-state index contributed by atoms with van der Waals surface area (Å²) in [6, 6.07) is 11.4. The fourth-order valence-electron chi connectivity index (χ4n) is 2.79. The second kappa shape index (κ2) is 7.31. The van der Waals surface area contributed by atoms with Crippen LogP contribution < -0.4 is 15.0 Å². The lowest BCUT2D eigenvalue weighted by Gasteiger charge is -2.35. The smallest absolute Gasteiger partial charge is 0.416 e. The van der Waals surface area contributed by atoms with Crippen molar-refractivity contribution in [3.63, 3.8) is 0 Å². The third kappa shape index (κ3) is 4.42. The summed E-state index contributed by atoms with van der Waals surface area (Å²) in [5.74, 6) is 0.284. The predicted molar refractivity (Wildman–Crippen MR) is 89.7 cm³/mol. The van der Waals surface area contributed by atoms with E-state index in [2.05, 4.69) is 10.3 Å². The number of pyridine rings is 1. The SMILES string of the molecule is C[C@@H]1CNCCN1c1cc(C(F)(F)F)cc(OCc2ccccc2)n1. The summed E-state index contributed by atoms with van der Waals surface area (Å²) in [5, 5.41) is 3.22. The minimum Gasteiger partial charge on any atom is -0.473 e. The molecule has 1 saturated heterocycles. The Morgan fingerprint density at radius 1 is 1.24 bits per heavy atom. The lowest BCUT2D eigenvalue weighted by atomic mass is 10.2. The highest BCUT2D eigenvalue weighted by atomic mass is 19.4. The molecular weight excluding hydrogens is 331 g/mol. The molecule has 2 heterocycles. The molecule has 7 heteroatoms. The second-order valence-electron chi connectivity index (χ2n) is 6.07. The Hall–Kier alpha value is -2.28. The molecule has 1 fully saturated rings. The van der Waals surface area contributed by atoms with Gasteiger partial charge in [0.25, 0.3) is 0 Å². The highest BCUT2D eigenvalue weighted by Gasteiger charge is 2.33. The molecule has 0 saturated carbocycles. The van der Waals surface area contributed by atoms with Crippen LogP contribution in [0.25, 0.3) is 0 Å². The number of rotatable bonds is 4. The molecule has 0 spiro atoms. The summed E-state index contributed by atoms with van der Waals surface area (Å²) >= 11 is 0. The zero-order valence-corrected chi connectivity index (χ0v) is 13.9. The maximum Gasteiger partial charge on any atom is 0.416 e. The number of nitrogens with zero attached hydrogens (tertiary/aromatic N) is 2. The molecule has 0 unspecified atom stereocenters. The van der Waals surface area contributed by atoms with Crippen molar-refractivity contribution in [1.29, 1.82) is 0 Å². The molecule has 2 aromatic rings. The summed E-state index contributed by atoms with van der Waals surface area (Å²) in [6.07, 6.45) is -4.44. The maximum absolute atomic E-state index is 13.3. The van der Waals surface area contributed by atoms with Crippen LogP contribution in [0, 0.1) is 0 Å².